The van der Waals surface area contributed by atoms with Crippen LogP contribution in [0.25, 0.3) is 5.69 Å². The van der Waals surface area contributed by atoms with Crippen molar-refractivity contribution in [2.45, 2.75) is 25.8 Å². The summed E-state index contributed by atoms with van der Waals surface area (Å²) < 4.78 is 1.59. The standard InChI is InChI=1S/C16H18N4O3/c1-11-4-5-12(16(22)23)9-19(11)15(21)13-7-18-20(10-13)14-3-2-6-17-8-14/h2-3,6-8,10-12H,4-5,9H2,1H3,(H,22,23). The van der Waals surface area contributed by atoms with Gasteiger partial charge in [0.15, 0.2) is 0 Å². The van der Waals surface area contributed by atoms with Gasteiger partial charge in [-0.1, -0.05) is 0 Å². The smallest absolute Gasteiger partial charge is 0.308 e. The zero-order valence-corrected chi connectivity index (χ0v) is 12.8. The van der Waals surface area contributed by atoms with Gasteiger partial charge in [-0.05, 0) is 31.9 Å². The van der Waals surface area contributed by atoms with Crippen molar-refractivity contribution in [3.63, 3.8) is 0 Å². The van der Waals surface area contributed by atoms with Crippen LogP contribution in [0.2, 0.25) is 0 Å². The number of piperidine rings is 1. The van der Waals surface area contributed by atoms with E-state index in [1.165, 1.54) is 6.20 Å². The van der Waals surface area contributed by atoms with E-state index in [1.807, 2.05) is 13.0 Å². The number of carboxylic acids is 1. The van der Waals surface area contributed by atoms with Crippen LogP contribution in [0.3, 0.4) is 0 Å². The number of carboxylic acid groups (broad SMARTS) is 1. The predicted molar refractivity (Wildman–Crippen MR) is 82.2 cm³/mol. The summed E-state index contributed by atoms with van der Waals surface area (Å²) in [6.07, 6.45) is 7.78. The number of carbonyl (C=O) groups is 2. The molecule has 2 atom stereocenters. The molecule has 1 aliphatic rings. The molecule has 2 aromatic rings. The first-order valence-corrected chi connectivity index (χ1v) is 7.55. The van der Waals surface area contributed by atoms with E-state index in [-0.39, 0.29) is 18.5 Å². The minimum absolute atomic E-state index is 0.0276. The minimum Gasteiger partial charge on any atom is -0.481 e. The van der Waals surface area contributed by atoms with E-state index in [4.69, 9.17) is 0 Å². The van der Waals surface area contributed by atoms with E-state index in [1.54, 1.807) is 34.2 Å². The van der Waals surface area contributed by atoms with Crippen molar-refractivity contribution in [2.75, 3.05) is 6.54 Å². The molecule has 7 nitrogen and oxygen atoms in total. The summed E-state index contributed by atoms with van der Waals surface area (Å²) >= 11 is 0. The summed E-state index contributed by atoms with van der Waals surface area (Å²) in [5, 5.41) is 13.4. The highest BCUT2D eigenvalue weighted by molar-refractivity contribution is 5.94. The zero-order chi connectivity index (χ0) is 16.4. The molecule has 0 radical (unpaired) electrons. The molecule has 0 aliphatic carbocycles. The van der Waals surface area contributed by atoms with Gasteiger partial charge in [-0.15, -0.1) is 0 Å². The van der Waals surface area contributed by atoms with Crippen molar-refractivity contribution in [2.24, 2.45) is 5.92 Å². The van der Waals surface area contributed by atoms with E-state index in [2.05, 4.69) is 10.1 Å². The van der Waals surface area contributed by atoms with E-state index in [0.717, 1.165) is 5.69 Å². The molecule has 1 fully saturated rings. The fourth-order valence-corrected chi connectivity index (χ4v) is 2.82. The first kappa shape index (κ1) is 15.2. The molecule has 23 heavy (non-hydrogen) atoms. The topological polar surface area (TPSA) is 88.3 Å². The maximum Gasteiger partial charge on any atom is 0.308 e. The zero-order valence-electron chi connectivity index (χ0n) is 12.8. The number of pyridine rings is 1. The maximum absolute atomic E-state index is 12.7. The highest BCUT2D eigenvalue weighted by Gasteiger charge is 2.33. The molecule has 1 aliphatic heterocycles. The summed E-state index contributed by atoms with van der Waals surface area (Å²) in [4.78, 5) is 29.5. The fraction of sp³-hybridized carbons (Fsp3) is 0.375. The van der Waals surface area contributed by atoms with Gasteiger partial charge in [0.25, 0.3) is 5.91 Å². The monoisotopic (exact) mass is 314 g/mol. The third-order valence-corrected chi connectivity index (χ3v) is 4.23. The number of aliphatic carboxylic acids is 1. The van der Waals surface area contributed by atoms with Crippen LogP contribution >= 0.6 is 0 Å². The van der Waals surface area contributed by atoms with Crippen molar-refractivity contribution in [1.82, 2.24) is 19.7 Å². The normalized spacial score (nSPS) is 21.2. The number of nitrogens with zero attached hydrogens (tertiary/aromatic N) is 4. The Bertz CT molecular complexity index is 713. The SMILES string of the molecule is CC1CCC(C(=O)O)CN1C(=O)c1cnn(-c2cccnc2)c1. The molecular formula is C16H18N4O3. The Morgan fingerprint density at radius 2 is 2.13 bits per heavy atom. The van der Waals surface area contributed by atoms with Gasteiger partial charge in [0.05, 0.1) is 29.6 Å². The molecule has 3 rings (SSSR count). The third-order valence-electron chi connectivity index (χ3n) is 4.23. The summed E-state index contributed by atoms with van der Waals surface area (Å²) in [5.41, 5.74) is 1.22. The average Bonchev–Trinajstić information content (AvgIpc) is 3.05. The van der Waals surface area contributed by atoms with Crippen LogP contribution in [-0.2, 0) is 4.79 Å². The Morgan fingerprint density at radius 3 is 2.83 bits per heavy atom. The third kappa shape index (κ3) is 3.08. The second-order valence-electron chi connectivity index (χ2n) is 5.80. The maximum atomic E-state index is 12.7. The van der Waals surface area contributed by atoms with Crippen molar-refractivity contribution in [1.29, 1.82) is 0 Å². The lowest BCUT2D eigenvalue weighted by molar-refractivity contribution is -0.143. The van der Waals surface area contributed by atoms with Gasteiger partial charge in [-0.2, -0.15) is 5.10 Å². The lowest BCUT2D eigenvalue weighted by atomic mass is 9.93. The Labute approximate surface area is 133 Å². The van der Waals surface area contributed by atoms with Crippen molar-refractivity contribution in [3.05, 3.63) is 42.5 Å². The number of rotatable bonds is 3. The Balaban J connectivity index is 1.80. The number of hydrogen-bond donors (Lipinski definition) is 1. The fourth-order valence-electron chi connectivity index (χ4n) is 2.82. The van der Waals surface area contributed by atoms with Gasteiger partial charge < -0.3 is 10.0 Å². The van der Waals surface area contributed by atoms with Gasteiger partial charge in [0.1, 0.15) is 0 Å². The molecule has 0 saturated carbocycles. The number of carbonyl (C=O) groups excluding carboxylic acids is 1. The van der Waals surface area contributed by atoms with Crippen molar-refractivity contribution < 1.29 is 14.7 Å². The second-order valence-corrected chi connectivity index (χ2v) is 5.80. The molecule has 3 heterocycles. The molecular weight excluding hydrogens is 296 g/mol. The van der Waals surface area contributed by atoms with Crippen LogP contribution in [0.4, 0.5) is 0 Å². The van der Waals surface area contributed by atoms with E-state index >= 15 is 0 Å². The highest BCUT2D eigenvalue weighted by Crippen LogP contribution is 2.24. The van der Waals surface area contributed by atoms with E-state index in [0.29, 0.717) is 18.4 Å². The quantitative estimate of drug-likeness (QED) is 0.929. The molecule has 2 unspecified atom stereocenters. The van der Waals surface area contributed by atoms with E-state index in [9.17, 15) is 14.7 Å². The van der Waals surface area contributed by atoms with Crippen LogP contribution < -0.4 is 0 Å². The molecule has 7 heteroatoms. The first-order valence-electron chi connectivity index (χ1n) is 7.55. The minimum atomic E-state index is -0.847. The molecule has 0 spiro atoms. The number of aromatic nitrogens is 3. The second kappa shape index (κ2) is 6.20. The van der Waals surface area contributed by atoms with Crippen LogP contribution in [0.5, 0.6) is 0 Å². The average molecular weight is 314 g/mol. The predicted octanol–water partition coefficient (Wildman–Crippen LogP) is 1.59. The molecule has 1 amide bonds. The van der Waals surface area contributed by atoms with Crippen LogP contribution in [-0.4, -0.2) is 49.2 Å². The number of hydrogen-bond acceptors (Lipinski definition) is 4. The Hall–Kier alpha value is -2.70. The van der Waals surface area contributed by atoms with Crippen molar-refractivity contribution in [3.8, 4) is 5.69 Å². The molecule has 0 aromatic carbocycles. The first-order chi connectivity index (χ1) is 11.1. The number of amides is 1. The van der Waals surface area contributed by atoms with Gasteiger partial charge in [-0.25, -0.2) is 4.68 Å². The van der Waals surface area contributed by atoms with Crippen molar-refractivity contribution >= 4 is 11.9 Å². The molecule has 1 N–H and O–H groups in total. The molecule has 120 valence electrons. The molecule has 0 bridgehead atoms. The van der Waals surface area contributed by atoms with Gasteiger partial charge in [0, 0.05) is 25.0 Å². The summed E-state index contributed by atoms with van der Waals surface area (Å²) in [7, 11) is 0. The summed E-state index contributed by atoms with van der Waals surface area (Å²) in [6.45, 7) is 2.19. The molecule has 1 saturated heterocycles. The van der Waals surface area contributed by atoms with Crippen LogP contribution in [0.15, 0.2) is 36.9 Å². The summed E-state index contributed by atoms with van der Waals surface area (Å²) in [5.74, 6) is -1.53. The lowest BCUT2D eigenvalue weighted by Gasteiger charge is -2.36. The summed E-state index contributed by atoms with van der Waals surface area (Å²) in [6, 6.07) is 3.67. The Kier molecular flexibility index (Phi) is 4.10. The molecule has 2 aromatic heterocycles. The van der Waals surface area contributed by atoms with Gasteiger partial charge in [-0.3, -0.25) is 14.6 Å². The van der Waals surface area contributed by atoms with Gasteiger partial charge in [0.2, 0.25) is 0 Å². The number of likely N-dealkylation sites (tertiary alicyclic amines) is 1. The lowest BCUT2D eigenvalue weighted by Crippen LogP contribution is -2.47. The van der Waals surface area contributed by atoms with Crippen LogP contribution in [0.1, 0.15) is 30.1 Å². The largest absolute Gasteiger partial charge is 0.481 e. The van der Waals surface area contributed by atoms with Gasteiger partial charge >= 0.3 is 5.97 Å². The Morgan fingerprint density at radius 1 is 1.30 bits per heavy atom. The van der Waals surface area contributed by atoms with E-state index < -0.39 is 11.9 Å². The van der Waals surface area contributed by atoms with Crippen LogP contribution in [0, 0.1) is 5.92 Å². The highest BCUT2D eigenvalue weighted by atomic mass is 16.4.